The largest absolute Gasteiger partial charge is 0.460 e. The van der Waals surface area contributed by atoms with Crippen molar-refractivity contribution in [1.29, 1.82) is 0 Å². The predicted octanol–water partition coefficient (Wildman–Crippen LogP) is 1.25. The first-order chi connectivity index (χ1) is 8.24. The first-order valence-corrected chi connectivity index (χ1v) is 5.97. The fourth-order valence-electron chi connectivity index (χ4n) is 1.27. The molecule has 0 unspecified atom stereocenters. The summed E-state index contributed by atoms with van der Waals surface area (Å²) in [6.45, 7) is 2.21. The zero-order chi connectivity index (χ0) is 12.1. The summed E-state index contributed by atoms with van der Waals surface area (Å²) >= 11 is 1.53. The van der Waals surface area contributed by atoms with Gasteiger partial charge in [-0.15, -0.1) is 11.3 Å². The maximum Gasteiger partial charge on any atom is 0.306 e. The number of thiazole rings is 1. The molecule has 2 aromatic rings. The molecule has 0 radical (unpaired) electrons. The quantitative estimate of drug-likeness (QED) is 0.810. The average Bonchev–Trinajstić information content (AvgIpc) is 2.95. The number of aromatic nitrogens is 4. The van der Waals surface area contributed by atoms with Crippen LogP contribution in [0.4, 0.5) is 0 Å². The standard InChI is InChI=1S/C10H12N4O2S/c1-7-11-4-8(17-7)5-16-10(15)3-2-9-12-6-13-14-9/h4,6H,2-3,5H2,1H3,(H,12,13,14). The number of H-pyrrole nitrogens is 1. The number of hydrogen-bond acceptors (Lipinski definition) is 6. The van der Waals surface area contributed by atoms with Gasteiger partial charge in [-0.1, -0.05) is 0 Å². The zero-order valence-corrected chi connectivity index (χ0v) is 10.2. The number of carbonyl (C=O) groups excluding carboxylic acids is 1. The molecule has 0 bridgehead atoms. The third-order valence-electron chi connectivity index (χ3n) is 2.08. The van der Waals surface area contributed by atoms with Gasteiger partial charge in [0, 0.05) is 12.6 Å². The Labute approximate surface area is 102 Å². The number of aromatic amines is 1. The minimum Gasteiger partial charge on any atom is -0.460 e. The molecule has 2 rings (SSSR count). The van der Waals surface area contributed by atoms with Gasteiger partial charge in [-0.05, 0) is 6.92 Å². The highest BCUT2D eigenvalue weighted by atomic mass is 32.1. The lowest BCUT2D eigenvalue weighted by atomic mass is 10.3. The fraction of sp³-hybridized carbons (Fsp3) is 0.400. The van der Waals surface area contributed by atoms with Crippen LogP contribution in [0.5, 0.6) is 0 Å². The second-order valence-corrected chi connectivity index (χ2v) is 4.76. The van der Waals surface area contributed by atoms with E-state index in [0.717, 1.165) is 9.88 Å². The lowest BCUT2D eigenvalue weighted by Gasteiger charge is -2.01. The number of hydrogen-bond donors (Lipinski definition) is 1. The van der Waals surface area contributed by atoms with Gasteiger partial charge in [-0.3, -0.25) is 9.89 Å². The molecule has 0 aliphatic rings. The van der Waals surface area contributed by atoms with Crippen LogP contribution in [0.3, 0.4) is 0 Å². The van der Waals surface area contributed by atoms with Gasteiger partial charge >= 0.3 is 5.97 Å². The minimum absolute atomic E-state index is 0.243. The van der Waals surface area contributed by atoms with Gasteiger partial charge in [0.05, 0.1) is 16.3 Å². The Balaban J connectivity index is 1.71. The van der Waals surface area contributed by atoms with Crippen LogP contribution in [-0.4, -0.2) is 26.1 Å². The van der Waals surface area contributed by atoms with Crippen molar-refractivity contribution in [2.45, 2.75) is 26.4 Å². The SMILES string of the molecule is Cc1ncc(COC(=O)CCc2ncn[nH]2)s1. The molecule has 0 fully saturated rings. The predicted molar refractivity (Wildman–Crippen MR) is 61.4 cm³/mol. The van der Waals surface area contributed by atoms with Gasteiger partial charge in [-0.25, -0.2) is 9.97 Å². The van der Waals surface area contributed by atoms with Crippen LogP contribution in [-0.2, 0) is 22.6 Å². The normalized spacial score (nSPS) is 10.4. The number of esters is 1. The van der Waals surface area contributed by atoms with Gasteiger partial charge in [0.25, 0.3) is 0 Å². The highest BCUT2D eigenvalue weighted by Crippen LogP contribution is 2.12. The number of nitrogens with one attached hydrogen (secondary N) is 1. The topological polar surface area (TPSA) is 80.8 Å². The molecule has 0 amide bonds. The van der Waals surface area contributed by atoms with Crippen molar-refractivity contribution >= 4 is 17.3 Å². The van der Waals surface area contributed by atoms with Crippen LogP contribution in [0.2, 0.25) is 0 Å². The van der Waals surface area contributed by atoms with Crippen molar-refractivity contribution in [2.75, 3.05) is 0 Å². The van der Waals surface area contributed by atoms with Crippen LogP contribution in [0.25, 0.3) is 0 Å². The smallest absolute Gasteiger partial charge is 0.306 e. The highest BCUT2D eigenvalue weighted by molar-refractivity contribution is 7.11. The lowest BCUT2D eigenvalue weighted by Crippen LogP contribution is -2.06. The number of nitrogens with zero attached hydrogens (tertiary/aromatic N) is 3. The summed E-state index contributed by atoms with van der Waals surface area (Å²) in [4.78, 5) is 20.4. The third kappa shape index (κ3) is 3.63. The molecule has 17 heavy (non-hydrogen) atoms. The third-order valence-corrected chi connectivity index (χ3v) is 2.96. The minimum atomic E-state index is -0.243. The summed E-state index contributed by atoms with van der Waals surface area (Å²) in [5.74, 6) is 0.447. The summed E-state index contributed by atoms with van der Waals surface area (Å²) in [5, 5.41) is 7.36. The van der Waals surface area contributed by atoms with E-state index in [9.17, 15) is 4.79 Å². The molecule has 0 aliphatic carbocycles. The molecule has 90 valence electrons. The molecule has 0 saturated carbocycles. The van der Waals surface area contributed by atoms with Crippen LogP contribution < -0.4 is 0 Å². The van der Waals surface area contributed by atoms with E-state index in [2.05, 4.69) is 20.2 Å². The summed E-state index contributed by atoms with van der Waals surface area (Å²) in [6.07, 6.45) is 3.96. The van der Waals surface area contributed by atoms with E-state index in [-0.39, 0.29) is 5.97 Å². The van der Waals surface area contributed by atoms with E-state index < -0.39 is 0 Å². The molecule has 7 heteroatoms. The maximum absolute atomic E-state index is 11.4. The fourth-order valence-corrected chi connectivity index (χ4v) is 1.98. The summed E-state index contributed by atoms with van der Waals surface area (Å²) in [5.41, 5.74) is 0. The molecule has 2 heterocycles. The Hall–Kier alpha value is -1.76. The summed E-state index contributed by atoms with van der Waals surface area (Å²) in [7, 11) is 0. The Morgan fingerprint density at radius 3 is 3.06 bits per heavy atom. The second-order valence-electron chi connectivity index (χ2n) is 3.44. The summed E-state index contributed by atoms with van der Waals surface area (Å²) in [6, 6.07) is 0. The molecule has 1 N–H and O–H groups in total. The van der Waals surface area contributed by atoms with Crippen LogP contribution in [0.15, 0.2) is 12.5 Å². The van der Waals surface area contributed by atoms with Crippen molar-refractivity contribution in [3.63, 3.8) is 0 Å². The number of rotatable bonds is 5. The Morgan fingerprint density at radius 2 is 2.41 bits per heavy atom. The molecule has 0 saturated heterocycles. The number of carbonyl (C=O) groups is 1. The molecule has 0 aromatic carbocycles. The van der Waals surface area contributed by atoms with Crippen molar-refractivity contribution in [1.82, 2.24) is 20.2 Å². The number of aryl methyl sites for hydroxylation is 2. The van der Waals surface area contributed by atoms with E-state index in [1.165, 1.54) is 17.7 Å². The van der Waals surface area contributed by atoms with Crippen molar-refractivity contribution in [3.8, 4) is 0 Å². The van der Waals surface area contributed by atoms with Crippen LogP contribution >= 0.6 is 11.3 Å². The highest BCUT2D eigenvalue weighted by Gasteiger charge is 2.06. The van der Waals surface area contributed by atoms with E-state index >= 15 is 0 Å². The van der Waals surface area contributed by atoms with Crippen molar-refractivity contribution in [2.24, 2.45) is 0 Å². The molecule has 0 spiro atoms. The van der Waals surface area contributed by atoms with Gasteiger partial charge in [0.15, 0.2) is 0 Å². The molecular formula is C10H12N4O2S. The summed E-state index contributed by atoms with van der Waals surface area (Å²) < 4.78 is 5.11. The Bertz CT molecular complexity index is 480. The monoisotopic (exact) mass is 252 g/mol. The van der Waals surface area contributed by atoms with E-state index in [1.807, 2.05) is 6.92 Å². The number of ether oxygens (including phenoxy) is 1. The lowest BCUT2D eigenvalue weighted by molar-refractivity contribution is -0.144. The van der Waals surface area contributed by atoms with Crippen LogP contribution in [0, 0.1) is 6.92 Å². The molecule has 0 aliphatic heterocycles. The van der Waals surface area contributed by atoms with Gasteiger partial charge in [-0.2, -0.15) is 5.10 Å². The second kappa shape index (κ2) is 5.53. The zero-order valence-electron chi connectivity index (χ0n) is 9.34. The van der Waals surface area contributed by atoms with E-state index in [4.69, 9.17) is 4.74 Å². The first kappa shape index (κ1) is 11.7. The van der Waals surface area contributed by atoms with Gasteiger partial charge in [0.1, 0.15) is 18.8 Å². The maximum atomic E-state index is 11.4. The van der Waals surface area contributed by atoms with E-state index in [1.54, 1.807) is 6.20 Å². The Kier molecular flexibility index (Phi) is 3.81. The Morgan fingerprint density at radius 1 is 1.53 bits per heavy atom. The first-order valence-electron chi connectivity index (χ1n) is 5.15. The molecule has 6 nitrogen and oxygen atoms in total. The van der Waals surface area contributed by atoms with E-state index in [0.29, 0.717) is 25.3 Å². The average molecular weight is 252 g/mol. The van der Waals surface area contributed by atoms with Crippen LogP contribution in [0.1, 0.15) is 22.1 Å². The van der Waals surface area contributed by atoms with Crippen molar-refractivity contribution < 1.29 is 9.53 Å². The molecule has 2 aromatic heterocycles. The van der Waals surface area contributed by atoms with Crippen molar-refractivity contribution in [3.05, 3.63) is 28.2 Å². The van der Waals surface area contributed by atoms with Gasteiger partial charge in [0.2, 0.25) is 0 Å². The molecule has 0 atom stereocenters. The van der Waals surface area contributed by atoms with Gasteiger partial charge < -0.3 is 4.74 Å². The molecular weight excluding hydrogens is 240 g/mol.